The van der Waals surface area contributed by atoms with Crippen molar-refractivity contribution < 1.29 is 4.79 Å². The average molecular weight is 316 g/mol. The summed E-state index contributed by atoms with van der Waals surface area (Å²) >= 11 is 0. The van der Waals surface area contributed by atoms with E-state index >= 15 is 0 Å². The first-order chi connectivity index (χ1) is 11.2. The summed E-state index contributed by atoms with van der Waals surface area (Å²) in [6, 6.07) is 4.60. The van der Waals surface area contributed by atoms with E-state index in [2.05, 4.69) is 21.7 Å². The van der Waals surface area contributed by atoms with Gasteiger partial charge in [-0.25, -0.2) is 4.98 Å². The third-order valence-corrected chi connectivity index (χ3v) is 5.03. The normalized spacial score (nSPS) is 24.1. The lowest BCUT2D eigenvalue weighted by Gasteiger charge is -2.18. The van der Waals surface area contributed by atoms with Gasteiger partial charge >= 0.3 is 0 Å². The zero-order valence-corrected chi connectivity index (χ0v) is 14.1. The molecule has 126 valence electrons. The Kier molecular flexibility index (Phi) is 5.49. The van der Waals surface area contributed by atoms with Gasteiger partial charge in [0.25, 0.3) is 0 Å². The van der Waals surface area contributed by atoms with Crippen LogP contribution >= 0.6 is 0 Å². The number of nitrogens with one attached hydrogen (secondary N) is 2. The summed E-state index contributed by atoms with van der Waals surface area (Å²) < 4.78 is 0. The van der Waals surface area contributed by atoms with Gasteiger partial charge in [0, 0.05) is 31.9 Å². The van der Waals surface area contributed by atoms with Crippen molar-refractivity contribution in [2.24, 2.45) is 5.92 Å². The second-order valence-corrected chi connectivity index (χ2v) is 6.95. The Morgan fingerprint density at radius 3 is 2.87 bits per heavy atom. The third kappa shape index (κ3) is 4.67. The van der Waals surface area contributed by atoms with Gasteiger partial charge in [0.05, 0.1) is 6.54 Å². The molecule has 2 fully saturated rings. The summed E-state index contributed by atoms with van der Waals surface area (Å²) in [5, 5.41) is 6.89. The Hall–Kier alpha value is -1.62. The molecule has 23 heavy (non-hydrogen) atoms. The molecule has 1 aliphatic heterocycles. The highest BCUT2D eigenvalue weighted by atomic mass is 16.2. The Balaban J connectivity index is 1.35. The number of carbonyl (C=O) groups excluding carboxylic acids is 1. The van der Waals surface area contributed by atoms with E-state index in [0.29, 0.717) is 18.5 Å². The molecule has 1 aliphatic carbocycles. The molecular weight excluding hydrogens is 288 g/mol. The van der Waals surface area contributed by atoms with Crippen LogP contribution in [0.3, 0.4) is 0 Å². The lowest BCUT2D eigenvalue weighted by molar-refractivity contribution is -0.129. The van der Waals surface area contributed by atoms with Gasteiger partial charge in [-0.05, 0) is 56.6 Å². The third-order valence-electron chi connectivity index (χ3n) is 5.03. The van der Waals surface area contributed by atoms with Crippen molar-refractivity contribution in [1.29, 1.82) is 0 Å². The number of pyridine rings is 1. The first kappa shape index (κ1) is 16.2. The standard InChI is InChI=1S/C18H28N4O/c1-14-4-7-17(20-11-14)21-12-15-5-6-16(10-15)19-13-18(23)22-8-2-3-9-22/h4,7,11,15-16,19H,2-3,5-6,8-10,12-13H2,1H3,(H,20,21). The molecule has 0 radical (unpaired) electrons. The summed E-state index contributed by atoms with van der Waals surface area (Å²) in [5.41, 5.74) is 1.18. The second-order valence-electron chi connectivity index (χ2n) is 6.95. The molecule has 1 amide bonds. The summed E-state index contributed by atoms with van der Waals surface area (Å²) in [6.45, 7) is 5.41. The van der Waals surface area contributed by atoms with Crippen LogP contribution in [0.5, 0.6) is 0 Å². The molecule has 1 aromatic rings. The van der Waals surface area contributed by atoms with Gasteiger partial charge in [0.2, 0.25) is 5.91 Å². The molecule has 2 heterocycles. The molecule has 1 saturated heterocycles. The van der Waals surface area contributed by atoms with Crippen molar-refractivity contribution in [2.75, 3.05) is 31.5 Å². The molecule has 2 atom stereocenters. The lowest BCUT2D eigenvalue weighted by atomic mass is 10.1. The number of hydrogen-bond donors (Lipinski definition) is 2. The Bertz CT molecular complexity index is 510. The quantitative estimate of drug-likeness (QED) is 0.844. The molecule has 5 nitrogen and oxygen atoms in total. The Labute approximate surface area is 138 Å². The first-order valence-corrected chi connectivity index (χ1v) is 8.88. The van der Waals surface area contributed by atoms with E-state index in [4.69, 9.17) is 0 Å². The van der Waals surface area contributed by atoms with E-state index in [9.17, 15) is 4.79 Å². The van der Waals surface area contributed by atoms with Crippen LogP contribution in [0.25, 0.3) is 0 Å². The number of likely N-dealkylation sites (tertiary alicyclic amines) is 1. The van der Waals surface area contributed by atoms with Crippen LogP contribution in [0.4, 0.5) is 5.82 Å². The molecule has 0 spiro atoms. The number of nitrogens with zero attached hydrogens (tertiary/aromatic N) is 2. The molecule has 1 aromatic heterocycles. The first-order valence-electron chi connectivity index (χ1n) is 8.88. The smallest absolute Gasteiger partial charge is 0.236 e. The fraction of sp³-hybridized carbons (Fsp3) is 0.667. The minimum absolute atomic E-state index is 0.271. The van der Waals surface area contributed by atoms with Crippen LogP contribution < -0.4 is 10.6 Å². The van der Waals surface area contributed by atoms with Gasteiger partial charge in [-0.3, -0.25) is 4.79 Å². The van der Waals surface area contributed by atoms with Crippen LogP contribution in [0, 0.1) is 12.8 Å². The maximum Gasteiger partial charge on any atom is 0.236 e. The lowest BCUT2D eigenvalue weighted by Crippen LogP contribution is -2.39. The maximum atomic E-state index is 12.1. The van der Waals surface area contributed by atoms with E-state index < -0.39 is 0 Å². The SMILES string of the molecule is Cc1ccc(NCC2CCC(NCC(=O)N3CCCC3)C2)nc1. The zero-order chi connectivity index (χ0) is 16.1. The van der Waals surface area contributed by atoms with Crippen molar-refractivity contribution in [1.82, 2.24) is 15.2 Å². The van der Waals surface area contributed by atoms with Gasteiger partial charge in [-0.15, -0.1) is 0 Å². The van der Waals surface area contributed by atoms with Gasteiger partial charge in [0.1, 0.15) is 5.82 Å². The minimum atomic E-state index is 0.271. The van der Waals surface area contributed by atoms with Crippen molar-refractivity contribution in [3.05, 3.63) is 23.9 Å². The number of anilines is 1. The number of rotatable bonds is 6. The van der Waals surface area contributed by atoms with E-state index in [-0.39, 0.29) is 5.91 Å². The molecule has 0 bridgehead atoms. The molecule has 1 saturated carbocycles. The average Bonchev–Trinajstić information content (AvgIpc) is 3.24. The molecule has 3 rings (SSSR count). The highest BCUT2D eigenvalue weighted by Crippen LogP contribution is 2.25. The number of carbonyl (C=O) groups is 1. The predicted octanol–water partition coefficient (Wildman–Crippen LogP) is 2.18. The van der Waals surface area contributed by atoms with E-state index in [1.54, 1.807) is 0 Å². The monoisotopic (exact) mass is 316 g/mol. The van der Waals surface area contributed by atoms with Gasteiger partial charge in [-0.1, -0.05) is 6.07 Å². The van der Waals surface area contributed by atoms with E-state index in [0.717, 1.165) is 44.7 Å². The second kappa shape index (κ2) is 7.77. The largest absolute Gasteiger partial charge is 0.370 e. The van der Waals surface area contributed by atoms with Crippen LogP contribution in [-0.4, -0.2) is 48.0 Å². The van der Waals surface area contributed by atoms with Crippen molar-refractivity contribution >= 4 is 11.7 Å². The van der Waals surface area contributed by atoms with Gasteiger partial charge in [-0.2, -0.15) is 0 Å². The molecule has 5 heteroatoms. The van der Waals surface area contributed by atoms with Crippen LogP contribution in [-0.2, 0) is 4.79 Å². The number of hydrogen-bond acceptors (Lipinski definition) is 4. The number of aryl methyl sites for hydroxylation is 1. The molecule has 2 N–H and O–H groups in total. The summed E-state index contributed by atoms with van der Waals surface area (Å²) in [6.07, 6.45) is 7.75. The van der Waals surface area contributed by atoms with E-state index in [1.165, 1.54) is 18.4 Å². The maximum absolute atomic E-state index is 12.1. The summed E-state index contributed by atoms with van der Waals surface area (Å²) in [4.78, 5) is 18.4. The summed E-state index contributed by atoms with van der Waals surface area (Å²) in [7, 11) is 0. The van der Waals surface area contributed by atoms with Crippen LogP contribution in [0.2, 0.25) is 0 Å². The topological polar surface area (TPSA) is 57.3 Å². The zero-order valence-electron chi connectivity index (χ0n) is 14.1. The predicted molar refractivity (Wildman–Crippen MR) is 92.4 cm³/mol. The fourth-order valence-corrected chi connectivity index (χ4v) is 3.58. The number of amides is 1. The van der Waals surface area contributed by atoms with Gasteiger partial charge in [0.15, 0.2) is 0 Å². The van der Waals surface area contributed by atoms with Crippen molar-refractivity contribution in [3.63, 3.8) is 0 Å². The highest BCUT2D eigenvalue weighted by Gasteiger charge is 2.25. The molecule has 2 aliphatic rings. The number of aromatic nitrogens is 1. The molecule has 0 aromatic carbocycles. The molecule has 2 unspecified atom stereocenters. The Morgan fingerprint density at radius 1 is 1.30 bits per heavy atom. The van der Waals surface area contributed by atoms with Crippen LogP contribution in [0.15, 0.2) is 18.3 Å². The van der Waals surface area contributed by atoms with Crippen molar-refractivity contribution in [2.45, 2.75) is 45.1 Å². The van der Waals surface area contributed by atoms with E-state index in [1.807, 2.05) is 24.1 Å². The van der Waals surface area contributed by atoms with Gasteiger partial charge < -0.3 is 15.5 Å². The fourth-order valence-electron chi connectivity index (χ4n) is 3.58. The highest BCUT2D eigenvalue weighted by molar-refractivity contribution is 5.78. The molecular formula is C18H28N4O. The van der Waals surface area contributed by atoms with Crippen molar-refractivity contribution in [3.8, 4) is 0 Å². The summed E-state index contributed by atoms with van der Waals surface area (Å²) in [5.74, 6) is 1.89. The van der Waals surface area contributed by atoms with Crippen LogP contribution in [0.1, 0.15) is 37.7 Å². The minimum Gasteiger partial charge on any atom is -0.370 e. The Morgan fingerprint density at radius 2 is 2.13 bits per heavy atom.